The van der Waals surface area contributed by atoms with Crippen molar-refractivity contribution >= 4 is 17.5 Å². The Kier molecular flexibility index (Phi) is 6.32. The zero-order valence-electron chi connectivity index (χ0n) is 12.0. The van der Waals surface area contributed by atoms with Gasteiger partial charge in [-0.1, -0.05) is 37.6 Å². The molecule has 0 aliphatic carbocycles. The molecular weight excluding hydrogens is 260 g/mol. The van der Waals surface area contributed by atoms with Crippen molar-refractivity contribution in [2.24, 2.45) is 5.92 Å². The fourth-order valence-corrected chi connectivity index (χ4v) is 2.20. The summed E-state index contributed by atoms with van der Waals surface area (Å²) in [6, 6.07) is 7.79. The first-order valence-electron chi connectivity index (χ1n) is 6.66. The number of hydrogen-bond acceptors (Lipinski definition) is 2. The lowest BCUT2D eigenvalue weighted by molar-refractivity contribution is -0.123. The van der Waals surface area contributed by atoms with Crippen molar-refractivity contribution < 1.29 is 4.79 Å². The van der Waals surface area contributed by atoms with Gasteiger partial charge in [0.1, 0.15) is 0 Å². The van der Waals surface area contributed by atoms with Gasteiger partial charge in [-0.15, -0.1) is 0 Å². The van der Waals surface area contributed by atoms with Crippen LogP contribution in [0, 0.1) is 5.92 Å². The first-order valence-corrected chi connectivity index (χ1v) is 7.04. The highest BCUT2D eigenvalue weighted by atomic mass is 35.5. The van der Waals surface area contributed by atoms with E-state index in [1.54, 1.807) is 0 Å². The van der Waals surface area contributed by atoms with Crippen molar-refractivity contribution in [3.63, 3.8) is 0 Å². The molecule has 0 spiro atoms. The predicted octanol–water partition coefficient (Wildman–Crippen LogP) is 2.80. The molecule has 3 nitrogen and oxygen atoms in total. The van der Waals surface area contributed by atoms with E-state index in [-0.39, 0.29) is 23.8 Å². The average molecular weight is 283 g/mol. The Labute approximate surface area is 120 Å². The maximum atomic E-state index is 12.3. The van der Waals surface area contributed by atoms with Crippen LogP contribution >= 0.6 is 11.6 Å². The van der Waals surface area contributed by atoms with E-state index in [4.69, 9.17) is 11.6 Å². The van der Waals surface area contributed by atoms with Crippen LogP contribution in [0.5, 0.6) is 0 Å². The molecule has 0 saturated heterocycles. The number of rotatable bonds is 6. The quantitative estimate of drug-likeness (QED) is 0.842. The molecule has 106 valence electrons. The summed E-state index contributed by atoms with van der Waals surface area (Å²) < 4.78 is 0. The normalized spacial score (nSPS) is 14.2. The van der Waals surface area contributed by atoms with Crippen LogP contribution in [-0.2, 0) is 4.79 Å². The first kappa shape index (κ1) is 16.0. The minimum absolute atomic E-state index is 0.0550. The number of carbonyl (C=O) groups excluding carboxylic acids is 1. The molecule has 0 radical (unpaired) electrons. The third-order valence-electron chi connectivity index (χ3n) is 3.23. The standard InChI is InChI=1S/C15H23ClN2O/c1-10(2)14(12-6-5-7-13(16)8-12)15(19)18-9-11(3)17-4/h5-8,10-11,14,17H,9H2,1-4H3,(H,18,19). The molecule has 0 aliphatic rings. The number of nitrogens with one attached hydrogen (secondary N) is 2. The second kappa shape index (κ2) is 7.51. The van der Waals surface area contributed by atoms with Gasteiger partial charge in [0, 0.05) is 17.6 Å². The molecule has 0 fully saturated rings. The Balaban J connectivity index is 2.80. The molecule has 0 saturated carbocycles. The molecule has 19 heavy (non-hydrogen) atoms. The van der Waals surface area contributed by atoms with Gasteiger partial charge >= 0.3 is 0 Å². The molecule has 0 aliphatic heterocycles. The van der Waals surface area contributed by atoms with Gasteiger partial charge in [-0.3, -0.25) is 4.79 Å². The summed E-state index contributed by atoms with van der Waals surface area (Å²) in [5, 5.41) is 6.76. The van der Waals surface area contributed by atoms with E-state index in [0.29, 0.717) is 11.6 Å². The smallest absolute Gasteiger partial charge is 0.227 e. The lowest BCUT2D eigenvalue weighted by Gasteiger charge is -2.22. The lowest BCUT2D eigenvalue weighted by Crippen LogP contribution is -2.40. The van der Waals surface area contributed by atoms with Crippen LogP contribution in [-0.4, -0.2) is 25.5 Å². The number of likely N-dealkylation sites (N-methyl/N-ethyl adjacent to an activating group) is 1. The Morgan fingerprint density at radius 3 is 2.53 bits per heavy atom. The second-order valence-corrected chi connectivity index (χ2v) is 5.65. The SMILES string of the molecule is CNC(C)CNC(=O)C(c1cccc(Cl)c1)C(C)C. The molecule has 1 aromatic rings. The summed E-state index contributed by atoms with van der Waals surface area (Å²) in [5.74, 6) is 0.116. The predicted molar refractivity (Wildman–Crippen MR) is 80.6 cm³/mol. The third kappa shape index (κ3) is 4.84. The van der Waals surface area contributed by atoms with Gasteiger partial charge in [0.05, 0.1) is 5.92 Å². The molecule has 1 amide bonds. The highest BCUT2D eigenvalue weighted by Gasteiger charge is 2.24. The van der Waals surface area contributed by atoms with Crippen molar-refractivity contribution in [3.05, 3.63) is 34.9 Å². The van der Waals surface area contributed by atoms with Crippen molar-refractivity contribution in [1.29, 1.82) is 0 Å². The summed E-state index contributed by atoms with van der Waals surface area (Å²) in [6.45, 7) is 6.75. The van der Waals surface area contributed by atoms with Crippen LogP contribution in [0.1, 0.15) is 32.3 Å². The van der Waals surface area contributed by atoms with Gasteiger partial charge < -0.3 is 10.6 Å². The van der Waals surface area contributed by atoms with E-state index in [9.17, 15) is 4.79 Å². The zero-order valence-corrected chi connectivity index (χ0v) is 12.8. The molecule has 0 aromatic heterocycles. The average Bonchev–Trinajstić information content (AvgIpc) is 2.35. The molecule has 0 heterocycles. The number of halogens is 1. The molecule has 0 bridgehead atoms. The second-order valence-electron chi connectivity index (χ2n) is 5.21. The Hall–Kier alpha value is -1.06. The van der Waals surface area contributed by atoms with E-state index in [1.165, 1.54) is 0 Å². The Bertz CT molecular complexity index is 420. The van der Waals surface area contributed by atoms with Crippen molar-refractivity contribution in [3.8, 4) is 0 Å². The first-order chi connectivity index (χ1) is 8.95. The lowest BCUT2D eigenvalue weighted by atomic mass is 9.87. The van der Waals surface area contributed by atoms with E-state index in [2.05, 4.69) is 10.6 Å². The van der Waals surface area contributed by atoms with Gasteiger partial charge in [-0.25, -0.2) is 0 Å². The van der Waals surface area contributed by atoms with E-state index < -0.39 is 0 Å². The monoisotopic (exact) mass is 282 g/mol. The summed E-state index contributed by atoms with van der Waals surface area (Å²) >= 11 is 6.01. The summed E-state index contributed by atoms with van der Waals surface area (Å²) in [4.78, 5) is 12.3. The van der Waals surface area contributed by atoms with Crippen molar-refractivity contribution in [2.45, 2.75) is 32.7 Å². The van der Waals surface area contributed by atoms with E-state index in [0.717, 1.165) is 5.56 Å². The van der Waals surface area contributed by atoms with Gasteiger partial charge in [0.2, 0.25) is 5.91 Å². The molecule has 2 atom stereocenters. The van der Waals surface area contributed by atoms with Gasteiger partial charge in [0.15, 0.2) is 0 Å². The van der Waals surface area contributed by atoms with Gasteiger partial charge in [0.25, 0.3) is 0 Å². The van der Waals surface area contributed by atoms with Crippen molar-refractivity contribution in [2.75, 3.05) is 13.6 Å². The fraction of sp³-hybridized carbons (Fsp3) is 0.533. The highest BCUT2D eigenvalue weighted by Crippen LogP contribution is 2.26. The van der Waals surface area contributed by atoms with Crippen LogP contribution in [0.4, 0.5) is 0 Å². The fourth-order valence-electron chi connectivity index (χ4n) is 2.00. The molecular formula is C15H23ClN2O. The van der Waals surface area contributed by atoms with Gasteiger partial charge in [-0.2, -0.15) is 0 Å². The molecule has 1 rings (SSSR count). The minimum Gasteiger partial charge on any atom is -0.354 e. The molecule has 1 aromatic carbocycles. The maximum absolute atomic E-state index is 12.3. The number of amides is 1. The molecule has 4 heteroatoms. The largest absolute Gasteiger partial charge is 0.354 e. The van der Waals surface area contributed by atoms with Crippen LogP contribution in [0.15, 0.2) is 24.3 Å². The third-order valence-corrected chi connectivity index (χ3v) is 3.47. The van der Waals surface area contributed by atoms with E-state index in [1.807, 2.05) is 52.1 Å². The summed E-state index contributed by atoms with van der Waals surface area (Å²) in [6.07, 6.45) is 0. The van der Waals surface area contributed by atoms with Crippen LogP contribution in [0.3, 0.4) is 0 Å². The van der Waals surface area contributed by atoms with Gasteiger partial charge in [-0.05, 0) is 37.6 Å². The maximum Gasteiger partial charge on any atom is 0.227 e. The van der Waals surface area contributed by atoms with Crippen LogP contribution in [0.2, 0.25) is 5.02 Å². The van der Waals surface area contributed by atoms with E-state index >= 15 is 0 Å². The summed E-state index contributed by atoms with van der Waals surface area (Å²) in [5.41, 5.74) is 0.970. The Morgan fingerprint density at radius 1 is 1.32 bits per heavy atom. The minimum atomic E-state index is -0.164. The number of carbonyl (C=O) groups is 1. The molecule has 2 N–H and O–H groups in total. The van der Waals surface area contributed by atoms with Crippen LogP contribution in [0.25, 0.3) is 0 Å². The number of benzene rings is 1. The summed E-state index contributed by atoms with van der Waals surface area (Å²) in [7, 11) is 1.88. The van der Waals surface area contributed by atoms with Crippen molar-refractivity contribution in [1.82, 2.24) is 10.6 Å². The number of hydrogen-bond donors (Lipinski definition) is 2. The van der Waals surface area contributed by atoms with Crippen LogP contribution < -0.4 is 10.6 Å². The Morgan fingerprint density at radius 2 is 2.00 bits per heavy atom. The topological polar surface area (TPSA) is 41.1 Å². The zero-order chi connectivity index (χ0) is 14.4. The highest BCUT2D eigenvalue weighted by molar-refractivity contribution is 6.30. The molecule has 2 unspecified atom stereocenters.